The van der Waals surface area contributed by atoms with Crippen molar-refractivity contribution < 1.29 is 13.2 Å². The maximum Gasteiger partial charge on any atom is 0.243 e. The molecule has 1 spiro atoms. The van der Waals surface area contributed by atoms with Crippen LogP contribution >= 0.6 is 0 Å². The molecule has 1 saturated carbocycles. The van der Waals surface area contributed by atoms with E-state index in [1.165, 1.54) is 6.42 Å². The Morgan fingerprint density at radius 1 is 1.38 bits per heavy atom. The fourth-order valence-electron chi connectivity index (χ4n) is 4.04. The van der Waals surface area contributed by atoms with Crippen molar-refractivity contribution in [2.45, 2.75) is 36.7 Å². The first-order valence-electron chi connectivity index (χ1n) is 7.79. The van der Waals surface area contributed by atoms with Crippen molar-refractivity contribution in [1.82, 2.24) is 4.31 Å². The van der Waals surface area contributed by atoms with Crippen molar-refractivity contribution in [1.29, 1.82) is 0 Å². The lowest BCUT2D eigenvalue weighted by Gasteiger charge is -2.26. The Morgan fingerprint density at radius 3 is 2.86 bits per heavy atom. The second kappa shape index (κ2) is 4.54. The second-order valence-corrected chi connectivity index (χ2v) is 8.43. The number of rotatable bonds is 3. The number of sulfonamides is 1. The number of nitrogens with zero attached hydrogens (tertiary/aromatic N) is 1. The smallest absolute Gasteiger partial charge is 0.243 e. The van der Waals surface area contributed by atoms with Gasteiger partial charge in [-0.05, 0) is 42.7 Å². The third-order valence-corrected chi connectivity index (χ3v) is 7.33. The van der Waals surface area contributed by atoms with Gasteiger partial charge in [0.15, 0.2) is 0 Å². The van der Waals surface area contributed by atoms with Crippen LogP contribution in [-0.2, 0) is 21.2 Å². The average molecular weight is 307 g/mol. The molecule has 3 fully saturated rings. The van der Waals surface area contributed by atoms with Gasteiger partial charge in [-0.15, -0.1) is 0 Å². The first-order chi connectivity index (χ1) is 10.1. The molecule has 1 aromatic rings. The summed E-state index contributed by atoms with van der Waals surface area (Å²) in [4.78, 5) is 0.467. The number of hydrogen-bond donors (Lipinski definition) is 0. The molecule has 21 heavy (non-hydrogen) atoms. The zero-order valence-corrected chi connectivity index (χ0v) is 13.1. The molecule has 4 nitrogen and oxygen atoms in total. The van der Waals surface area contributed by atoms with Crippen LogP contribution in [0, 0.1) is 11.8 Å². The molecule has 114 valence electrons. The van der Waals surface area contributed by atoms with E-state index in [2.05, 4.69) is 0 Å². The molecule has 3 unspecified atom stereocenters. The highest BCUT2D eigenvalue weighted by atomic mass is 32.2. The Bertz CT molecular complexity index is 672. The highest BCUT2D eigenvalue weighted by molar-refractivity contribution is 7.89. The van der Waals surface area contributed by atoms with Gasteiger partial charge in [-0.25, -0.2) is 8.42 Å². The lowest BCUT2D eigenvalue weighted by Crippen LogP contribution is -2.38. The zero-order valence-electron chi connectivity index (χ0n) is 12.3. The number of hydrogen-bond acceptors (Lipinski definition) is 3. The number of ether oxygens (including phenoxy) is 1. The molecule has 0 amide bonds. The molecule has 4 rings (SSSR count). The van der Waals surface area contributed by atoms with Crippen LogP contribution in [0.25, 0.3) is 0 Å². The van der Waals surface area contributed by atoms with E-state index in [-0.39, 0.29) is 5.60 Å². The Kier molecular flexibility index (Phi) is 2.97. The summed E-state index contributed by atoms with van der Waals surface area (Å²) in [6, 6.07) is 7.34. The number of aryl methyl sites for hydroxylation is 1. The molecular formula is C16H21NO3S. The molecule has 0 N–H and O–H groups in total. The molecule has 2 saturated heterocycles. The predicted molar refractivity (Wildman–Crippen MR) is 79.5 cm³/mol. The first kappa shape index (κ1) is 13.7. The van der Waals surface area contributed by atoms with Crippen LogP contribution in [0.15, 0.2) is 29.2 Å². The van der Waals surface area contributed by atoms with E-state index in [9.17, 15) is 8.42 Å². The third kappa shape index (κ3) is 1.98. The molecule has 2 aliphatic heterocycles. The van der Waals surface area contributed by atoms with Gasteiger partial charge in [0.2, 0.25) is 10.0 Å². The van der Waals surface area contributed by atoms with Crippen LogP contribution < -0.4 is 0 Å². The monoisotopic (exact) mass is 307 g/mol. The maximum absolute atomic E-state index is 12.9. The van der Waals surface area contributed by atoms with Gasteiger partial charge in [0, 0.05) is 13.1 Å². The van der Waals surface area contributed by atoms with E-state index in [1.54, 1.807) is 16.4 Å². The van der Waals surface area contributed by atoms with Gasteiger partial charge in [-0.1, -0.05) is 25.1 Å². The van der Waals surface area contributed by atoms with Gasteiger partial charge in [-0.2, -0.15) is 4.31 Å². The lowest BCUT2D eigenvalue weighted by molar-refractivity contribution is -0.0117. The molecule has 0 radical (unpaired) electrons. The largest absolute Gasteiger partial charge is 0.373 e. The van der Waals surface area contributed by atoms with E-state index in [4.69, 9.17) is 4.74 Å². The molecule has 3 atom stereocenters. The molecule has 5 heteroatoms. The highest BCUT2D eigenvalue weighted by Crippen LogP contribution is 2.57. The molecule has 2 heterocycles. The van der Waals surface area contributed by atoms with Crippen molar-refractivity contribution in [3.05, 3.63) is 29.8 Å². The highest BCUT2D eigenvalue weighted by Gasteiger charge is 2.62. The predicted octanol–water partition coefficient (Wildman–Crippen LogP) is 2.05. The fourth-order valence-corrected chi connectivity index (χ4v) is 5.83. The van der Waals surface area contributed by atoms with Gasteiger partial charge in [-0.3, -0.25) is 0 Å². The van der Waals surface area contributed by atoms with Crippen LogP contribution in [0.1, 0.15) is 25.3 Å². The molecule has 1 aliphatic carbocycles. The van der Waals surface area contributed by atoms with E-state index in [0.29, 0.717) is 29.8 Å². The summed E-state index contributed by atoms with van der Waals surface area (Å²) < 4.78 is 33.5. The Labute approximate surface area is 126 Å². The summed E-state index contributed by atoms with van der Waals surface area (Å²) in [6.07, 6.45) is 2.80. The molecule has 0 bridgehead atoms. The lowest BCUT2D eigenvalue weighted by atomic mass is 9.97. The van der Waals surface area contributed by atoms with Crippen molar-refractivity contribution >= 4 is 10.0 Å². The van der Waals surface area contributed by atoms with E-state index in [1.807, 2.05) is 19.1 Å². The number of benzene rings is 1. The van der Waals surface area contributed by atoms with E-state index in [0.717, 1.165) is 25.0 Å². The second-order valence-electron chi connectivity index (χ2n) is 6.53. The minimum Gasteiger partial charge on any atom is -0.373 e. The standard InChI is InChI=1S/C16H21NO3S/c1-2-12-5-3-4-6-15(12)21(18,19)17-8-7-16(11-17)14-9-13(14)10-20-16/h3-6,13-14H,2,7-11H2,1H3. The number of fused-ring (bicyclic) bond motifs is 2. The summed E-state index contributed by atoms with van der Waals surface area (Å²) in [7, 11) is -3.40. The molecular weight excluding hydrogens is 286 g/mol. The minimum absolute atomic E-state index is 0.182. The van der Waals surface area contributed by atoms with Gasteiger partial charge in [0.05, 0.1) is 17.1 Å². The quantitative estimate of drug-likeness (QED) is 0.858. The first-order valence-corrected chi connectivity index (χ1v) is 9.23. The van der Waals surface area contributed by atoms with Crippen LogP contribution in [0.5, 0.6) is 0 Å². The van der Waals surface area contributed by atoms with Crippen LogP contribution in [-0.4, -0.2) is 38.0 Å². The van der Waals surface area contributed by atoms with Crippen molar-refractivity contribution in [3.63, 3.8) is 0 Å². The van der Waals surface area contributed by atoms with Gasteiger partial charge in [0.25, 0.3) is 0 Å². The Hall–Kier alpha value is -0.910. The summed E-state index contributed by atoms with van der Waals surface area (Å²) >= 11 is 0. The third-order valence-electron chi connectivity index (χ3n) is 5.38. The van der Waals surface area contributed by atoms with Crippen LogP contribution in [0.4, 0.5) is 0 Å². The van der Waals surface area contributed by atoms with Gasteiger partial charge < -0.3 is 4.74 Å². The molecule has 3 aliphatic rings. The Morgan fingerprint density at radius 2 is 2.19 bits per heavy atom. The average Bonchev–Trinajstić information content (AvgIpc) is 3.05. The van der Waals surface area contributed by atoms with Crippen LogP contribution in [0.2, 0.25) is 0 Å². The van der Waals surface area contributed by atoms with E-state index < -0.39 is 10.0 Å². The molecule has 0 aromatic heterocycles. The van der Waals surface area contributed by atoms with Gasteiger partial charge >= 0.3 is 0 Å². The molecule has 1 aromatic carbocycles. The topological polar surface area (TPSA) is 46.6 Å². The van der Waals surface area contributed by atoms with Crippen LogP contribution in [0.3, 0.4) is 0 Å². The summed E-state index contributed by atoms with van der Waals surface area (Å²) in [5.74, 6) is 1.29. The summed E-state index contributed by atoms with van der Waals surface area (Å²) in [6.45, 7) is 3.94. The van der Waals surface area contributed by atoms with Crippen molar-refractivity contribution in [2.75, 3.05) is 19.7 Å². The summed E-state index contributed by atoms with van der Waals surface area (Å²) in [5.41, 5.74) is 0.717. The van der Waals surface area contributed by atoms with E-state index >= 15 is 0 Å². The maximum atomic E-state index is 12.9. The SMILES string of the molecule is CCc1ccccc1S(=O)(=O)N1CCC2(C1)OCC1CC12. The van der Waals surface area contributed by atoms with Crippen molar-refractivity contribution in [2.24, 2.45) is 11.8 Å². The minimum atomic E-state index is -3.40. The van der Waals surface area contributed by atoms with Gasteiger partial charge in [0.1, 0.15) is 0 Å². The van der Waals surface area contributed by atoms with Crippen molar-refractivity contribution in [3.8, 4) is 0 Å². The fraction of sp³-hybridized carbons (Fsp3) is 0.625. The normalized spacial score (nSPS) is 35.3. The zero-order chi connectivity index (χ0) is 14.7. The summed E-state index contributed by atoms with van der Waals surface area (Å²) in [5, 5.41) is 0. The Balaban J connectivity index is 1.64.